The molecule has 0 aliphatic carbocycles. The van der Waals surface area contributed by atoms with Gasteiger partial charge in [0.2, 0.25) is 0 Å². The summed E-state index contributed by atoms with van der Waals surface area (Å²) >= 11 is 0. The second kappa shape index (κ2) is 4.86. The zero-order valence-corrected chi connectivity index (χ0v) is 10.7. The number of hydrogen-bond donors (Lipinski definition) is 1. The molecule has 0 spiro atoms. The van der Waals surface area contributed by atoms with Crippen molar-refractivity contribution in [2.45, 2.75) is 44.5 Å². The van der Waals surface area contributed by atoms with E-state index in [2.05, 4.69) is 16.0 Å². The van der Waals surface area contributed by atoms with Crippen molar-refractivity contribution in [3.63, 3.8) is 0 Å². The number of pyridine rings is 1. The number of anilines is 1. The van der Waals surface area contributed by atoms with Crippen LogP contribution in [0.5, 0.6) is 0 Å². The van der Waals surface area contributed by atoms with Gasteiger partial charge in [-0.05, 0) is 31.4 Å². The Morgan fingerprint density at radius 2 is 2.11 bits per heavy atom. The van der Waals surface area contributed by atoms with Crippen LogP contribution in [0.25, 0.3) is 0 Å². The molecule has 3 atom stereocenters. The molecule has 2 fully saturated rings. The van der Waals surface area contributed by atoms with Crippen LogP contribution in [0.4, 0.5) is 5.69 Å². The Balaban J connectivity index is 1.73. The number of hydrogen-bond acceptors (Lipinski definition) is 4. The highest BCUT2D eigenvalue weighted by Crippen LogP contribution is 2.29. The largest absolute Gasteiger partial charge is 0.387 e. The Hall–Kier alpha value is -1.13. The Morgan fingerprint density at radius 3 is 2.67 bits per heavy atom. The van der Waals surface area contributed by atoms with Crippen LogP contribution >= 0.6 is 0 Å². The van der Waals surface area contributed by atoms with Crippen LogP contribution < -0.4 is 4.90 Å². The van der Waals surface area contributed by atoms with E-state index in [4.69, 9.17) is 4.74 Å². The van der Waals surface area contributed by atoms with E-state index in [0.29, 0.717) is 18.6 Å². The Labute approximate surface area is 108 Å². The lowest BCUT2D eigenvalue weighted by Gasteiger charge is -2.33. The van der Waals surface area contributed by atoms with Crippen LogP contribution in [-0.2, 0) is 4.74 Å². The summed E-state index contributed by atoms with van der Waals surface area (Å²) in [4.78, 5) is 6.71. The van der Waals surface area contributed by atoms with Gasteiger partial charge in [0.15, 0.2) is 0 Å². The molecule has 1 N–H and O–H groups in total. The molecule has 0 aromatic carbocycles. The van der Waals surface area contributed by atoms with Gasteiger partial charge in [-0.2, -0.15) is 0 Å². The highest BCUT2D eigenvalue weighted by Gasteiger charge is 2.33. The molecule has 1 aromatic heterocycles. The fraction of sp³-hybridized carbons (Fsp3) is 0.643. The molecule has 2 aliphatic rings. The minimum absolute atomic E-state index is 0.393. The molecule has 3 rings (SSSR count). The van der Waals surface area contributed by atoms with Gasteiger partial charge >= 0.3 is 0 Å². The lowest BCUT2D eigenvalue weighted by molar-refractivity contribution is 0.0304. The zero-order chi connectivity index (χ0) is 12.5. The molecule has 4 heteroatoms. The SMILES string of the molecule is CC[C@H](O)c1ccc(N2CC3CCC(C2)O3)cn1. The van der Waals surface area contributed by atoms with Crippen molar-refractivity contribution in [3.05, 3.63) is 24.0 Å². The number of aliphatic hydroxyl groups excluding tert-OH is 1. The molecule has 18 heavy (non-hydrogen) atoms. The molecular weight excluding hydrogens is 228 g/mol. The van der Waals surface area contributed by atoms with Crippen molar-refractivity contribution in [2.75, 3.05) is 18.0 Å². The summed E-state index contributed by atoms with van der Waals surface area (Å²) in [5.41, 5.74) is 1.90. The molecule has 2 bridgehead atoms. The van der Waals surface area contributed by atoms with Gasteiger partial charge in [-0.15, -0.1) is 0 Å². The van der Waals surface area contributed by atoms with Gasteiger partial charge in [0.05, 0.1) is 35.9 Å². The van der Waals surface area contributed by atoms with Crippen molar-refractivity contribution >= 4 is 5.69 Å². The molecule has 2 unspecified atom stereocenters. The first-order chi connectivity index (χ1) is 8.76. The average molecular weight is 248 g/mol. The van der Waals surface area contributed by atoms with Crippen LogP contribution in [0, 0.1) is 0 Å². The first kappa shape index (κ1) is 11.9. The molecule has 1 aromatic rings. The topological polar surface area (TPSA) is 45.6 Å². The van der Waals surface area contributed by atoms with Crippen molar-refractivity contribution in [1.82, 2.24) is 4.98 Å². The van der Waals surface area contributed by atoms with Crippen LogP contribution in [0.15, 0.2) is 18.3 Å². The van der Waals surface area contributed by atoms with Crippen molar-refractivity contribution in [2.24, 2.45) is 0 Å². The minimum Gasteiger partial charge on any atom is -0.387 e. The van der Waals surface area contributed by atoms with E-state index in [1.807, 2.05) is 19.2 Å². The summed E-state index contributed by atoms with van der Waals surface area (Å²) in [6, 6.07) is 3.99. The third-order valence-electron chi connectivity index (χ3n) is 3.91. The summed E-state index contributed by atoms with van der Waals surface area (Å²) in [5.74, 6) is 0. The normalized spacial score (nSPS) is 28.4. The van der Waals surface area contributed by atoms with Crippen molar-refractivity contribution < 1.29 is 9.84 Å². The van der Waals surface area contributed by atoms with Crippen LogP contribution in [0.3, 0.4) is 0 Å². The predicted molar refractivity (Wildman–Crippen MR) is 69.6 cm³/mol. The first-order valence-corrected chi connectivity index (χ1v) is 6.80. The highest BCUT2D eigenvalue weighted by molar-refractivity contribution is 5.45. The Bertz CT molecular complexity index is 395. The third-order valence-corrected chi connectivity index (χ3v) is 3.91. The maximum Gasteiger partial charge on any atom is 0.0957 e. The van der Waals surface area contributed by atoms with E-state index in [-0.39, 0.29) is 0 Å². The maximum absolute atomic E-state index is 9.73. The average Bonchev–Trinajstić information content (AvgIpc) is 2.77. The number of aromatic nitrogens is 1. The lowest BCUT2D eigenvalue weighted by atomic mass is 10.2. The lowest BCUT2D eigenvalue weighted by Crippen LogP contribution is -2.42. The fourth-order valence-electron chi connectivity index (χ4n) is 2.82. The molecule has 4 nitrogen and oxygen atoms in total. The van der Waals surface area contributed by atoms with Gasteiger partial charge in [0.1, 0.15) is 0 Å². The monoisotopic (exact) mass is 248 g/mol. The molecule has 0 radical (unpaired) electrons. The maximum atomic E-state index is 9.73. The van der Waals surface area contributed by atoms with Gasteiger partial charge in [-0.25, -0.2) is 0 Å². The van der Waals surface area contributed by atoms with E-state index in [1.165, 1.54) is 12.8 Å². The quantitative estimate of drug-likeness (QED) is 0.887. The number of morpholine rings is 1. The van der Waals surface area contributed by atoms with Crippen molar-refractivity contribution in [1.29, 1.82) is 0 Å². The summed E-state index contributed by atoms with van der Waals surface area (Å²) in [6.07, 6.45) is 5.28. The smallest absolute Gasteiger partial charge is 0.0957 e. The number of ether oxygens (including phenoxy) is 1. The summed E-state index contributed by atoms with van der Waals surface area (Å²) in [7, 11) is 0. The van der Waals surface area contributed by atoms with Crippen LogP contribution in [-0.4, -0.2) is 35.4 Å². The molecule has 2 saturated heterocycles. The molecule has 3 heterocycles. The standard InChI is InChI=1S/C14H20N2O2/c1-2-14(17)13-6-3-10(7-15-13)16-8-11-4-5-12(9-16)18-11/h3,6-7,11-12,14,17H,2,4-5,8-9H2,1H3/t11?,12?,14-/m0/s1. The molecule has 2 aliphatic heterocycles. The molecule has 0 saturated carbocycles. The molecule has 98 valence electrons. The number of rotatable bonds is 3. The second-order valence-corrected chi connectivity index (χ2v) is 5.23. The Morgan fingerprint density at radius 1 is 1.39 bits per heavy atom. The second-order valence-electron chi connectivity index (χ2n) is 5.23. The number of fused-ring (bicyclic) bond motifs is 2. The summed E-state index contributed by atoms with van der Waals surface area (Å²) < 4.78 is 5.83. The van der Waals surface area contributed by atoms with Gasteiger partial charge in [0, 0.05) is 13.1 Å². The highest BCUT2D eigenvalue weighted by atomic mass is 16.5. The fourth-order valence-corrected chi connectivity index (χ4v) is 2.82. The number of aliphatic hydroxyl groups is 1. The predicted octanol–water partition coefficient (Wildman–Crippen LogP) is 1.89. The van der Waals surface area contributed by atoms with Crippen LogP contribution in [0.2, 0.25) is 0 Å². The van der Waals surface area contributed by atoms with Crippen LogP contribution in [0.1, 0.15) is 38.0 Å². The first-order valence-electron chi connectivity index (χ1n) is 6.80. The van der Waals surface area contributed by atoms with E-state index < -0.39 is 6.10 Å². The van der Waals surface area contributed by atoms with E-state index >= 15 is 0 Å². The van der Waals surface area contributed by atoms with Gasteiger partial charge in [-0.3, -0.25) is 4.98 Å². The minimum atomic E-state index is -0.445. The number of nitrogens with zero attached hydrogens (tertiary/aromatic N) is 2. The van der Waals surface area contributed by atoms with Crippen molar-refractivity contribution in [3.8, 4) is 0 Å². The third kappa shape index (κ3) is 2.22. The zero-order valence-electron chi connectivity index (χ0n) is 10.7. The summed E-state index contributed by atoms with van der Waals surface area (Å²) in [5, 5.41) is 9.73. The molecular formula is C14H20N2O2. The van der Waals surface area contributed by atoms with Gasteiger partial charge < -0.3 is 14.7 Å². The summed E-state index contributed by atoms with van der Waals surface area (Å²) in [6.45, 7) is 3.89. The van der Waals surface area contributed by atoms with E-state index in [0.717, 1.165) is 24.5 Å². The Kier molecular flexibility index (Phi) is 3.22. The van der Waals surface area contributed by atoms with Gasteiger partial charge in [-0.1, -0.05) is 6.92 Å². The van der Waals surface area contributed by atoms with E-state index in [9.17, 15) is 5.11 Å². The van der Waals surface area contributed by atoms with E-state index in [1.54, 1.807) is 0 Å². The molecule has 0 amide bonds. The van der Waals surface area contributed by atoms with Gasteiger partial charge in [0.25, 0.3) is 0 Å².